The Morgan fingerprint density at radius 2 is 1.79 bits per heavy atom. The largest absolute Gasteiger partial charge is 0.321 e. The lowest BCUT2D eigenvalue weighted by molar-refractivity contribution is 0.408. The zero-order valence-electron chi connectivity index (χ0n) is 8.29. The van der Waals surface area contributed by atoms with Crippen LogP contribution in [-0.2, 0) is 0 Å². The molecule has 76 valence electrons. The molecule has 0 amide bonds. The molecule has 0 unspecified atom stereocenters. The van der Waals surface area contributed by atoms with Gasteiger partial charge in [0.05, 0.1) is 0 Å². The number of nitrogens with one attached hydrogen (secondary N) is 3. The number of benzene rings is 1. The summed E-state index contributed by atoms with van der Waals surface area (Å²) < 4.78 is 0. The van der Waals surface area contributed by atoms with Crippen LogP contribution in [0, 0.1) is 0 Å². The summed E-state index contributed by atoms with van der Waals surface area (Å²) in [5.41, 5.74) is 7.72. The molecule has 0 aliphatic carbocycles. The van der Waals surface area contributed by atoms with Crippen LogP contribution in [0.5, 0.6) is 0 Å². The SMILES string of the molecule is c1ccc(NNC2CCNCC2)cc1. The first-order chi connectivity index (χ1) is 6.95. The molecule has 0 spiro atoms. The summed E-state index contributed by atoms with van der Waals surface area (Å²) >= 11 is 0. The Balaban J connectivity index is 1.76. The fraction of sp³-hybridized carbons (Fsp3) is 0.455. The molecule has 1 aliphatic rings. The smallest absolute Gasteiger partial charge is 0.0487 e. The van der Waals surface area contributed by atoms with Gasteiger partial charge in [0.15, 0.2) is 0 Å². The Hall–Kier alpha value is -1.06. The highest BCUT2D eigenvalue weighted by atomic mass is 15.4. The van der Waals surface area contributed by atoms with E-state index in [4.69, 9.17) is 0 Å². The van der Waals surface area contributed by atoms with Crippen LogP contribution in [-0.4, -0.2) is 19.1 Å². The van der Waals surface area contributed by atoms with Crippen LogP contribution >= 0.6 is 0 Å². The topological polar surface area (TPSA) is 36.1 Å². The Labute approximate surface area is 84.9 Å². The molecule has 1 fully saturated rings. The molecule has 0 bridgehead atoms. The molecule has 0 atom stereocenters. The average Bonchev–Trinajstić information content (AvgIpc) is 2.29. The molecule has 3 N–H and O–H groups in total. The zero-order chi connectivity index (χ0) is 9.64. The van der Waals surface area contributed by atoms with Crippen LogP contribution in [0.2, 0.25) is 0 Å². The van der Waals surface area contributed by atoms with E-state index in [1.54, 1.807) is 0 Å². The van der Waals surface area contributed by atoms with Gasteiger partial charge in [-0.25, -0.2) is 5.43 Å². The van der Waals surface area contributed by atoms with Gasteiger partial charge in [-0.3, -0.25) is 0 Å². The Kier molecular flexibility index (Phi) is 3.38. The molecule has 1 aromatic carbocycles. The van der Waals surface area contributed by atoms with Gasteiger partial charge in [-0.15, -0.1) is 0 Å². The van der Waals surface area contributed by atoms with Crippen molar-refractivity contribution in [2.45, 2.75) is 18.9 Å². The van der Waals surface area contributed by atoms with Crippen LogP contribution in [0.4, 0.5) is 5.69 Å². The van der Waals surface area contributed by atoms with Gasteiger partial charge in [-0.1, -0.05) is 18.2 Å². The predicted octanol–water partition coefficient (Wildman–Crippen LogP) is 1.36. The Morgan fingerprint density at radius 1 is 1.07 bits per heavy atom. The minimum absolute atomic E-state index is 0.594. The fourth-order valence-corrected chi connectivity index (χ4v) is 1.67. The first-order valence-corrected chi connectivity index (χ1v) is 5.22. The molecular formula is C11H17N3. The standard InChI is InChI=1S/C11H17N3/c1-2-4-10(5-3-1)13-14-11-6-8-12-9-7-11/h1-5,11-14H,6-9H2. The van der Waals surface area contributed by atoms with Gasteiger partial charge in [0.2, 0.25) is 0 Å². The first kappa shape index (κ1) is 9.49. The Bertz CT molecular complexity index is 254. The predicted molar refractivity (Wildman–Crippen MR) is 59.1 cm³/mol. The number of para-hydroxylation sites is 1. The Morgan fingerprint density at radius 3 is 2.50 bits per heavy atom. The summed E-state index contributed by atoms with van der Waals surface area (Å²) in [6.07, 6.45) is 2.39. The van der Waals surface area contributed by atoms with Gasteiger partial charge in [0.25, 0.3) is 0 Å². The van der Waals surface area contributed by atoms with E-state index < -0.39 is 0 Å². The van der Waals surface area contributed by atoms with E-state index >= 15 is 0 Å². The van der Waals surface area contributed by atoms with E-state index in [0.717, 1.165) is 18.8 Å². The van der Waals surface area contributed by atoms with Crippen molar-refractivity contribution in [3.8, 4) is 0 Å². The zero-order valence-corrected chi connectivity index (χ0v) is 8.29. The van der Waals surface area contributed by atoms with Crippen LogP contribution in [0.25, 0.3) is 0 Å². The van der Waals surface area contributed by atoms with Crippen LogP contribution in [0.1, 0.15) is 12.8 Å². The molecule has 1 heterocycles. The van der Waals surface area contributed by atoms with Crippen molar-refractivity contribution in [2.75, 3.05) is 18.5 Å². The molecule has 0 saturated carbocycles. The minimum Gasteiger partial charge on any atom is -0.321 e. The summed E-state index contributed by atoms with van der Waals surface area (Å²) in [6.45, 7) is 2.24. The van der Waals surface area contributed by atoms with Crippen molar-refractivity contribution in [1.82, 2.24) is 10.7 Å². The summed E-state index contributed by atoms with van der Waals surface area (Å²) in [7, 11) is 0. The third-order valence-corrected chi connectivity index (χ3v) is 2.53. The van der Waals surface area contributed by atoms with Gasteiger partial charge in [0.1, 0.15) is 0 Å². The number of piperidine rings is 1. The van der Waals surface area contributed by atoms with Gasteiger partial charge in [-0.05, 0) is 38.1 Å². The second-order valence-corrected chi connectivity index (χ2v) is 3.66. The van der Waals surface area contributed by atoms with Crippen LogP contribution in [0.15, 0.2) is 30.3 Å². The molecule has 2 rings (SSSR count). The van der Waals surface area contributed by atoms with E-state index in [1.807, 2.05) is 18.2 Å². The highest BCUT2D eigenvalue weighted by Gasteiger charge is 2.11. The lowest BCUT2D eigenvalue weighted by atomic mass is 10.1. The maximum absolute atomic E-state index is 3.35. The molecular weight excluding hydrogens is 174 g/mol. The van der Waals surface area contributed by atoms with E-state index in [2.05, 4.69) is 28.3 Å². The van der Waals surface area contributed by atoms with Crippen LogP contribution < -0.4 is 16.2 Å². The quantitative estimate of drug-likeness (QED) is 0.631. The van der Waals surface area contributed by atoms with E-state index in [9.17, 15) is 0 Å². The van der Waals surface area contributed by atoms with Crippen molar-refractivity contribution >= 4 is 5.69 Å². The number of hydrazine groups is 1. The molecule has 0 aromatic heterocycles. The number of hydrogen-bond acceptors (Lipinski definition) is 3. The molecule has 1 aliphatic heterocycles. The lowest BCUT2D eigenvalue weighted by Gasteiger charge is -2.24. The second kappa shape index (κ2) is 4.98. The maximum Gasteiger partial charge on any atom is 0.0487 e. The van der Waals surface area contributed by atoms with E-state index in [0.29, 0.717) is 6.04 Å². The first-order valence-electron chi connectivity index (χ1n) is 5.22. The second-order valence-electron chi connectivity index (χ2n) is 3.66. The van der Waals surface area contributed by atoms with Gasteiger partial charge >= 0.3 is 0 Å². The van der Waals surface area contributed by atoms with Gasteiger partial charge in [0, 0.05) is 11.7 Å². The highest BCUT2D eigenvalue weighted by Crippen LogP contribution is 2.06. The molecule has 1 saturated heterocycles. The normalized spacial score (nSPS) is 18.0. The lowest BCUT2D eigenvalue weighted by Crippen LogP contribution is -2.42. The molecule has 1 aromatic rings. The van der Waals surface area contributed by atoms with Crippen LogP contribution in [0.3, 0.4) is 0 Å². The van der Waals surface area contributed by atoms with Gasteiger partial charge < -0.3 is 10.7 Å². The van der Waals surface area contributed by atoms with E-state index in [-0.39, 0.29) is 0 Å². The highest BCUT2D eigenvalue weighted by molar-refractivity contribution is 5.41. The third kappa shape index (κ3) is 2.72. The van der Waals surface area contributed by atoms with Crippen molar-refractivity contribution in [3.05, 3.63) is 30.3 Å². The fourth-order valence-electron chi connectivity index (χ4n) is 1.67. The third-order valence-electron chi connectivity index (χ3n) is 2.53. The molecule has 14 heavy (non-hydrogen) atoms. The summed E-state index contributed by atoms with van der Waals surface area (Å²) in [5.74, 6) is 0. The monoisotopic (exact) mass is 191 g/mol. The number of hydrogen-bond donors (Lipinski definition) is 3. The average molecular weight is 191 g/mol. The van der Waals surface area contributed by atoms with Crippen molar-refractivity contribution in [2.24, 2.45) is 0 Å². The van der Waals surface area contributed by atoms with Crippen molar-refractivity contribution < 1.29 is 0 Å². The molecule has 0 radical (unpaired) electrons. The summed E-state index contributed by atoms with van der Waals surface area (Å²) in [6, 6.07) is 10.8. The number of anilines is 1. The minimum atomic E-state index is 0.594. The number of rotatable bonds is 3. The molecule has 3 heteroatoms. The maximum atomic E-state index is 3.35. The van der Waals surface area contributed by atoms with Crippen molar-refractivity contribution in [1.29, 1.82) is 0 Å². The summed E-state index contributed by atoms with van der Waals surface area (Å²) in [5, 5.41) is 3.35. The van der Waals surface area contributed by atoms with E-state index in [1.165, 1.54) is 12.8 Å². The van der Waals surface area contributed by atoms with Crippen molar-refractivity contribution in [3.63, 3.8) is 0 Å². The summed E-state index contributed by atoms with van der Waals surface area (Å²) in [4.78, 5) is 0. The van der Waals surface area contributed by atoms with Gasteiger partial charge in [-0.2, -0.15) is 0 Å². The molecule has 3 nitrogen and oxygen atoms in total.